The highest BCUT2D eigenvalue weighted by atomic mass is 32.2. The maximum Gasteiger partial charge on any atom is 0.352 e. The summed E-state index contributed by atoms with van der Waals surface area (Å²) in [4.78, 5) is 48.1. The van der Waals surface area contributed by atoms with Crippen molar-refractivity contribution < 1.29 is 28.9 Å². The number of aromatic nitrogens is 4. The number of fused-ring (bicyclic) bond motifs is 2. The van der Waals surface area contributed by atoms with Crippen LogP contribution >= 0.6 is 23.3 Å². The number of thioether (sulfide) groups is 1. The first kappa shape index (κ1) is 24.2. The number of amides is 2. The molecule has 1 saturated heterocycles. The van der Waals surface area contributed by atoms with E-state index in [2.05, 4.69) is 19.8 Å². The Morgan fingerprint density at radius 3 is 2.97 bits per heavy atom. The van der Waals surface area contributed by atoms with Gasteiger partial charge in [-0.25, -0.2) is 13.8 Å². The number of nitriles is 1. The molecule has 37 heavy (non-hydrogen) atoms. The maximum atomic E-state index is 13.1. The number of aliphatic carboxylic acids is 1. The van der Waals surface area contributed by atoms with Crippen molar-refractivity contribution in [3.05, 3.63) is 53.9 Å². The molecule has 0 spiro atoms. The molecule has 5 rings (SSSR count). The van der Waals surface area contributed by atoms with E-state index in [1.54, 1.807) is 6.07 Å². The van der Waals surface area contributed by atoms with Crippen molar-refractivity contribution in [1.29, 1.82) is 5.26 Å². The van der Waals surface area contributed by atoms with E-state index in [0.717, 1.165) is 17.2 Å². The quantitative estimate of drug-likeness (QED) is 0.109. The second-order valence-corrected chi connectivity index (χ2v) is 9.73. The summed E-state index contributed by atoms with van der Waals surface area (Å²) in [5, 5.41) is 24.3. The molecule has 0 unspecified atom stereocenters. The largest absolute Gasteiger partial charge is 0.477 e. The van der Waals surface area contributed by atoms with Crippen molar-refractivity contribution in [2.45, 2.75) is 18.0 Å². The Kier molecular flexibility index (Phi) is 6.46. The lowest BCUT2D eigenvalue weighted by atomic mass is 10.0. The molecule has 3 aromatic heterocycles. The number of nitrogen functional groups attached to an aromatic ring is 1. The first-order chi connectivity index (χ1) is 17.9. The van der Waals surface area contributed by atoms with Crippen LogP contribution in [0.25, 0.3) is 5.65 Å². The van der Waals surface area contributed by atoms with Crippen LogP contribution in [-0.2, 0) is 25.8 Å². The number of oxime groups is 1. The van der Waals surface area contributed by atoms with Crippen molar-refractivity contribution in [3.63, 3.8) is 0 Å². The molecule has 3 aromatic rings. The number of imidazole rings is 1. The minimum atomic E-state index is -1.23. The summed E-state index contributed by atoms with van der Waals surface area (Å²) in [5.74, 6) is -2.40. The van der Waals surface area contributed by atoms with Crippen molar-refractivity contribution in [2.75, 3.05) is 18.1 Å². The standard InChI is InChI=1S/C21H17N9O5S2/c22-4-8-35-26-13(16-25-21(23)37-27-16)17(31)24-14-18(32)30-15(20(33)34)11(10-36-19(14)30)9-29-7-6-28-5-2-1-3-12(28)29/h1-3,5-7,14,19H,8-10H2,(H3-,23,24,25,27,31,33,34)/p+1/b26-13-/t14-,19-/m1/s1. The van der Waals surface area contributed by atoms with Crippen molar-refractivity contribution in [1.82, 2.24) is 24.0 Å². The monoisotopic (exact) mass is 540 g/mol. The lowest BCUT2D eigenvalue weighted by molar-refractivity contribution is -0.662. The van der Waals surface area contributed by atoms with E-state index >= 15 is 0 Å². The number of β-lactam (4-membered cyclic amide) rings is 1. The van der Waals surface area contributed by atoms with Crippen LogP contribution in [0.5, 0.6) is 0 Å². The van der Waals surface area contributed by atoms with Crippen LogP contribution in [0.4, 0.5) is 5.13 Å². The van der Waals surface area contributed by atoms with Crippen LogP contribution < -0.4 is 15.6 Å². The summed E-state index contributed by atoms with van der Waals surface area (Å²) >= 11 is 2.18. The SMILES string of the molecule is N#CCO/N=C(\C(=O)N[C@@H]1C(=O)N2C(C(=O)O)=C(C[n+]3ccn4ccccc43)CS[C@H]12)c1nsc(N)n1. The Morgan fingerprint density at radius 1 is 1.41 bits per heavy atom. The molecular weight excluding hydrogens is 522 g/mol. The number of nitrogens with two attached hydrogens (primary N) is 1. The number of carboxylic acids is 1. The Bertz CT molecular complexity index is 1520. The summed E-state index contributed by atoms with van der Waals surface area (Å²) in [7, 11) is 0. The molecule has 0 aliphatic carbocycles. The minimum Gasteiger partial charge on any atom is -0.477 e. The predicted octanol–water partition coefficient (Wildman–Crippen LogP) is -0.656. The van der Waals surface area contributed by atoms with E-state index in [9.17, 15) is 19.5 Å². The number of nitrogens with one attached hydrogen (secondary N) is 1. The van der Waals surface area contributed by atoms with Gasteiger partial charge < -0.3 is 21.0 Å². The number of carbonyl (C=O) groups is 3. The summed E-state index contributed by atoms with van der Waals surface area (Å²) in [6.07, 6.45) is 5.59. The molecule has 0 bridgehead atoms. The first-order valence-corrected chi connectivity index (χ1v) is 12.5. The lowest BCUT2D eigenvalue weighted by Crippen LogP contribution is -2.71. The van der Waals surface area contributed by atoms with Gasteiger partial charge >= 0.3 is 5.97 Å². The van der Waals surface area contributed by atoms with Crippen molar-refractivity contribution >= 4 is 57.6 Å². The predicted molar refractivity (Wildman–Crippen MR) is 130 cm³/mol. The number of hydrogen-bond donors (Lipinski definition) is 3. The summed E-state index contributed by atoms with van der Waals surface area (Å²) in [6, 6.07) is 6.39. The Balaban J connectivity index is 1.36. The van der Waals surface area contributed by atoms with Crippen molar-refractivity contribution in [3.8, 4) is 6.07 Å². The van der Waals surface area contributed by atoms with Gasteiger partial charge in [-0.1, -0.05) is 11.2 Å². The van der Waals surface area contributed by atoms with E-state index < -0.39 is 35.8 Å². The fourth-order valence-corrected chi connectivity index (χ4v) is 5.81. The van der Waals surface area contributed by atoms with Gasteiger partial charge in [0.05, 0.1) is 6.20 Å². The molecule has 2 atom stereocenters. The molecule has 5 heterocycles. The molecule has 0 aromatic carbocycles. The van der Waals surface area contributed by atoms with Gasteiger partial charge in [-0.05, 0) is 6.07 Å². The van der Waals surface area contributed by atoms with Gasteiger partial charge in [0.25, 0.3) is 17.5 Å². The van der Waals surface area contributed by atoms with E-state index in [4.69, 9.17) is 15.8 Å². The molecule has 0 radical (unpaired) electrons. The number of anilines is 1. The Morgan fingerprint density at radius 2 is 2.24 bits per heavy atom. The van der Waals surface area contributed by atoms with Crippen molar-refractivity contribution in [2.24, 2.45) is 5.16 Å². The van der Waals surface area contributed by atoms with Gasteiger partial charge in [-0.2, -0.15) is 14.6 Å². The zero-order valence-corrected chi connectivity index (χ0v) is 20.5. The molecule has 1 fully saturated rings. The van der Waals surface area contributed by atoms with Crippen LogP contribution in [-0.4, -0.2) is 71.0 Å². The maximum absolute atomic E-state index is 13.1. The molecular formula is C21H18N9O5S2+. The second kappa shape index (κ2) is 9.87. The van der Waals surface area contributed by atoms with E-state index in [0.29, 0.717) is 11.3 Å². The van der Waals surface area contributed by atoms with Gasteiger partial charge in [-0.3, -0.25) is 14.5 Å². The van der Waals surface area contributed by atoms with Gasteiger partial charge in [-0.15, -0.1) is 11.8 Å². The zero-order chi connectivity index (χ0) is 26.1. The van der Waals surface area contributed by atoms with Crippen LogP contribution in [0.3, 0.4) is 0 Å². The highest BCUT2D eigenvalue weighted by Gasteiger charge is 2.54. The van der Waals surface area contributed by atoms with E-state index in [-0.39, 0.29) is 28.9 Å². The third kappa shape index (κ3) is 4.45. The molecule has 4 N–H and O–H groups in total. The molecule has 188 valence electrons. The van der Waals surface area contributed by atoms with E-state index in [1.165, 1.54) is 16.7 Å². The molecule has 16 heteroatoms. The highest BCUT2D eigenvalue weighted by molar-refractivity contribution is 8.00. The fraction of sp³-hybridized carbons (Fsp3) is 0.238. The lowest BCUT2D eigenvalue weighted by Gasteiger charge is -2.49. The van der Waals surface area contributed by atoms with Crippen LogP contribution in [0, 0.1) is 11.3 Å². The van der Waals surface area contributed by atoms with Gasteiger partial charge in [0, 0.05) is 28.9 Å². The third-order valence-electron chi connectivity index (χ3n) is 5.62. The van der Waals surface area contributed by atoms with E-state index in [1.807, 2.05) is 45.8 Å². The minimum absolute atomic E-state index is 0.0853. The van der Waals surface area contributed by atoms with Crippen LogP contribution in [0.1, 0.15) is 5.82 Å². The molecule has 2 amide bonds. The number of nitrogens with zero attached hydrogens (tertiary/aromatic N) is 7. The topological polar surface area (TPSA) is 192 Å². The number of hydrogen-bond acceptors (Lipinski definition) is 11. The highest BCUT2D eigenvalue weighted by Crippen LogP contribution is 2.40. The van der Waals surface area contributed by atoms with Crippen LogP contribution in [0.2, 0.25) is 0 Å². The fourth-order valence-electron chi connectivity index (χ4n) is 4.04. The second-order valence-electron chi connectivity index (χ2n) is 7.84. The van der Waals surface area contributed by atoms with Gasteiger partial charge in [0.2, 0.25) is 18.1 Å². The van der Waals surface area contributed by atoms with Gasteiger partial charge in [0.1, 0.15) is 42.1 Å². The summed E-state index contributed by atoms with van der Waals surface area (Å²) in [5.41, 5.74) is 6.58. The molecule has 14 nitrogen and oxygen atoms in total. The summed E-state index contributed by atoms with van der Waals surface area (Å²) in [6.45, 7) is -0.137. The number of carboxylic acid groups (broad SMARTS) is 1. The number of rotatable bonds is 8. The zero-order valence-electron chi connectivity index (χ0n) is 18.8. The smallest absolute Gasteiger partial charge is 0.352 e. The molecule has 2 aliphatic rings. The van der Waals surface area contributed by atoms with Gasteiger partial charge in [0.15, 0.2) is 5.13 Å². The number of carbonyl (C=O) groups excluding carboxylic acids is 2. The average Bonchev–Trinajstić information content (AvgIpc) is 3.50. The third-order valence-corrected chi connectivity index (χ3v) is 7.50. The summed E-state index contributed by atoms with van der Waals surface area (Å²) < 4.78 is 7.74. The Hall–Kier alpha value is -4.49. The number of pyridine rings is 1. The van der Waals surface area contributed by atoms with Crippen LogP contribution in [0.15, 0.2) is 53.2 Å². The Labute approximate surface area is 216 Å². The molecule has 2 aliphatic heterocycles. The first-order valence-electron chi connectivity index (χ1n) is 10.7. The molecule has 0 saturated carbocycles. The average molecular weight is 541 g/mol. The normalized spacial score (nSPS) is 19.3.